The Kier molecular flexibility index (Phi) is 5.90. The second kappa shape index (κ2) is 6.49. The molecule has 1 rings (SSSR count). The lowest BCUT2D eigenvalue weighted by molar-refractivity contribution is 0.312. The van der Waals surface area contributed by atoms with Gasteiger partial charge in [0.25, 0.3) is 0 Å². The number of hydrogen-bond acceptors (Lipinski definition) is 1. The van der Waals surface area contributed by atoms with Crippen LogP contribution in [0, 0.1) is 0 Å². The van der Waals surface area contributed by atoms with E-state index in [1.165, 1.54) is 42.3 Å². The van der Waals surface area contributed by atoms with E-state index in [-0.39, 0.29) is 0 Å². The molecule has 0 heterocycles. The zero-order chi connectivity index (χ0) is 15.6. The van der Waals surface area contributed by atoms with Gasteiger partial charge in [0.15, 0.2) is 0 Å². The molecule has 1 saturated carbocycles. The molecule has 20 heavy (non-hydrogen) atoms. The Labute approximate surface area is 131 Å². The van der Waals surface area contributed by atoms with Gasteiger partial charge in [-0.1, -0.05) is 63.9 Å². The highest BCUT2D eigenvalue weighted by molar-refractivity contribution is 6.83. The van der Waals surface area contributed by atoms with E-state index in [9.17, 15) is 0 Å². The summed E-state index contributed by atoms with van der Waals surface area (Å²) in [6, 6.07) is 0. The van der Waals surface area contributed by atoms with Crippen molar-refractivity contribution in [2.45, 2.75) is 90.0 Å². The molecule has 0 aromatic carbocycles. The van der Waals surface area contributed by atoms with Crippen molar-refractivity contribution in [1.82, 2.24) is 5.32 Å². The minimum atomic E-state index is -1.38. The minimum absolute atomic E-state index is 0.446. The second-order valence-electron chi connectivity index (χ2n) is 8.65. The van der Waals surface area contributed by atoms with Crippen molar-refractivity contribution in [2.24, 2.45) is 0 Å². The van der Waals surface area contributed by atoms with E-state index in [0.717, 1.165) is 6.54 Å². The van der Waals surface area contributed by atoms with E-state index in [0.29, 0.717) is 10.2 Å². The molecule has 0 aromatic heterocycles. The molecule has 0 spiro atoms. The first-order chi connectivity index (χ1) is 9.03. The molecule has 0 atom stereocenters. The molecular formula is C17H37NSi2. The van der Waals surface area contributed by atoms with Crippen molar-refractivity contribution in [2.75, 3.05) is 6.54 Å². The van der Waals surface area contributed by atoms with Crippen LogP contribution in [0.15, 0.2) is 10.8 Å². The summed E-state index contributed by atoms with van der Waals surface area (Å²) < 4.78 is 0. The Morgan fingerprint density at radius 3 is 2.00 bits per heavy atom. The molecule has 1 fully saturated rings. The van der Waals surface area contributed by atoms with Crippen LogP contribution in [0.25, 0.3) is 0 Å². The second-order valence-corrected chi connectivity index (χ2v) is 15.9. The molecule has 0 radical (unpaired) electrons. The van der Waals surface area contributed by atoms with Crippen LogP contribution in [-0.4, -0.2) is 30.0 Å². The molecule has 0 saturated heterocycles. The van der Waals surface area contributed by atoms with Gasteiger partial charge in [0, 0.05) is 21.9 Å². The van der Waals surface area contributed by atoms with Gasteiger partial charge in [0.1, 0.15) is 0 Å². The summed E-state index contributed by atoms with van der Waals surface area (Å²) in [7, 11) is -0.175. The zero-order valence-electron chi connectivity index (χ0n) is 15.2. The van der Waals surface area contributed by atoms with Crippen molar-refractivity contribution < 1.29 is 0 Å². The standard InChI is InChI=1S/C17H37NSi2/c1-14(15(2)19)13-18-17(11-9-8-10-12-17)20(6,7)16(3,4)5/h18H,8-13H2,1-7,19H3. The van der Waals surface area contributed by atoms with Gasteiger partial charge in [0.05, 0.1) is 8.07 Å². The normalized spacial score (nSPS) is 21.8. The van der Waals surface area contributed by atoms with Crippen molar-refractivity contribution in [1.29, 1.82) is 0 Å². The Morgan fingerprint density at radius 2 is 1.60 bits per heavy atom. The fourth-order valence-corrected chi connectivity index (χ4v) is 7.12. The quantitative estimate of drug-likeness (QED) is 0.774. The van der Waals surface area contributed by atoms with Gasteiger partial charge in [-0.05, 0) is 31.7 Å². The Morgan fingerprint density at radius 1 is 1.10 bits per heavy atom. The topological polar surface area (TPSA) is 12.0 Å². The summed E-state index contributed by atoms with van der Waals surface area (Å²) in [6.45, 7) is 18.4. The molecule has 3 heteroatoms. The van der Waals surface area contributed by atoms with E-state index in [2.05, 4.69) is 53.0 Å². The number of hydrogen-bond donors (Lipinski definition) is 1. The van der Waals surface area contributed by atoms with Crippen LogP contribution >= 0.6 is 0 Å². The summed E-state index contributed by atoms with van der Waals surface area (Å²) in [5, 5.41) is 6.61. The number of rotatable bonds is 4. The van der Waals surface area contributed by atoms with Crippen LogP contribution in [0.3, 0.4) is 0 Å². The van der Waals surface area contributed by atoms with E-state index < -0.39 is 8.07 Å². The molecule has 1 nitrogen and oxygen atoms in total. The van der Waals surface area contributed by atoms with Gasteiger partial charge < -0.3 is 5.32 Å². The summed E-state index contributed by atoms with van der Waals surface area (Å²) >= 11 is 0. The van der Waals surface area contributed by atoms with Crippen molar-refractivity contribution in [3.63, 3.8) is 0 Å². The average molecular weight is 312 g/mol. The summed E-state index contributed by atoms with van der Waals surface area (Å²) in [5.41, 5.74) is 1.58. The predicted molar refractivity (Wildman–Crippen MR) is 99.3 cm³/mol. The molecule has 0 aliphatic heterocycles. The number of allylic oxidation sites excluding steroid dienone is 1. The summed E-state index contributed by atoms with van der Waals surface area (Å²) in [5.74, 6) is 0. The van der Waals surface area contributed by atoms with Crippen LogP contribution in [0.4, 0.5) is 0 Å². The van der Waals surface area contributed by atoms with Gasteiger partial charge in [-0.2, -0.15) is 0 Å². The monoisotopic (exact) mass is 311 g/mol. The third-order valence-corrected chi connectivity index (χ3v) is 14.0. The van der Waals surface area contributed by atoms with Gasteiger partial charge in [-0.3, -0.25) is 0 Å². The predicted octanol–water partition coefficient (Wildman–Crippen LogP) is 3.99. The first kappa shape index (κ1) is 18.2. The fraction of sp³-hybridized carbons (Fsp3) is 0.882. The smallest absolute Gasteiger partial charge is 0.0757 e. The largest absolute Gasteiger partial charge is 0.310 e. The molecule has 1 aliphatic carbocycles. The van der Waals surface area contributed by atoms with Crippen LogP contribution in [0.1, 0.15) is 66.7 Å². The SMILES string of the molecule is CC([SiH3])=C(C)CNC1([Si](C)(C)C(C)(C)C)CCCCC1. The molecule has 0 unspecified atom stereocenters. The van der Waals surface area contributed by atoms with Crippen molar-refractivity contribution in [3.05, 3.63) is 10.8 Å². The van der Waals surface area contributed by atoms with E-state index in [1.54, 1.807) is 10.8 Å². The first-order valence-corrected chi connectivity index (χ1v) is 12.4. The van der Waals surface area contributed by atoms with Crippen LogP contribution in [-0.2, 0) is 0 Å². The molecule has 118 valence electrons. The maximum absolute atomic E-state index is 4.09. The lowest BCUT2D eigenvalue weighted by atomic mass is 9.94. The molecule has 0 aromatic rings. The molecule has 0 amide bonds. The highest BCUT2D eigenvalue weighted by Gasteiger charge is 2.52. The van der Waals surface area contributed by atoms with Crippen LogP contribution in [0.2, 0.25) is 18.1 Å². The van der Waals surface area contributed by atoms with Crippen molar-refractivity contribution >= 4 is 18.3 Å². The Balaban J connectivity index is 3.01. The average Bonchev–Trinajstić information content (AvgIpc) is 2.35. The third kappa shape index (κ3) is 3.66. The van der Waals surface area contributed by atoms with Crippen molar-refractivity contribution in [3.8, 4) is 0 Å². The van der Waals surface area contributed by atoms with Gasteiger partial charge in [-0.25, -0.2) is 0 Å². The van der Waals surface area contributed by atoms with Gasteiger partial charge >= 0.3 is 0 Å². The van der Waals surface area contributed by atoms with E-state index in [4.69, 9.17) is 0 Å². The van der Waals surface area contributed by atoms with Gasteiger partial charge in [0.2, 0.25) is 0 Å². The molecule has 1 N–H and O–H groups in total. The van der Waals surface area contributed by atoms with Crippen LogP contribution in [0.5, 0.6) is 0 Å². The molecule has 0 bridgehead atoms. The van der Waals surface area contributed by atoms with Crippen LogP contribution < -0.4 is 5.32 Å². The molecule has 1 aliphatic rings. The van der Waals surface area contributed by atoms with E-state index in [1.807, 2.05) is 0 Å². The lowest BCUT2D eigenvalue weighted by Gasteiger charge is -2.55. The maximum Gasteiger partial charge on any atom is 0.0757 e. The maximum atomic E-state index is 4.09. The lowest BCUT2D eigenvalue weighted by Crippen LogP contribution is -2.68. The third-order valence-electron chi connectivity index (χ3n) is 6.32. The highest BCUT2D eigenvalue weighted by atomic mass is 28.3. The fourth-order valence-electron chi connectivity index (χ4n) is 3.37. The van der Waals surface area contributed by atoms with E-state index >= 15 is 0 Å². The summed E-state index contributed by atoms with van der Waals surface area (Å²) in [4.78, 5) is 0. The highest BCUT2D eigenvalue weighted by Crippen LogP contribution is 2.48. The molecular weight excluding hydrogens is 274 g/mol. The Hall–Kier alpha value is 0.134. The number of nitrogens with one attached hydrogen (secondary N) is 1. The zero-order valence-corrected chi connectivity index (χ0v) is 18.2. The first-order valence-electron chi connectivity index (χ1n) is 8.41. The summed E-state index contributed by atoms with van der Waals surface area (Å²) in [6.07, 6.45) is 7.07. The Bertz CT molecular complexity index is 354. The minimum Gasteiger partial charge on any atom is -0.310 e. The van der Waals surface area contributed by atoms with Gasteiger partial charge in [-0.15, -0.1) is 0 Å².